The number of aliphatic hydroxyl groups is 1. The summed E-state index contributed by atoms with van der Waals surface area (Å²) in [5, 5.41) is 11.5. The van der Waals surface area contributed by atoms with Crippen LogP contribution < -0.4 is 9.64 Å². The Morgan fingerprint density at radius 2 is 1.65 bits per heavy atom. The fourth-order valence-electron chi connectivity index (χ4n) is 5.14. The van der Waals surface area contributed by atoms with Gasteiger partial charge in [0.05, 0.1) is 18.7 Å². The van der Waals surface area contributed by atoms with Crippen molar-refractivity contribution in [3.8, 4) is 5.75 Å². The Morgan fingerprint density at radius 3 is 2.41 bits per heavy atom. The molecule has 0 radical (unpaired) electrons. The molecule has 5 rings (SSSR count). The Morgan fingerprint density at radius 1 is 0.941 bits per heavy atom. The summed E-state index contributed by atoms with van der Waals surface area (Å²) in [5.74, 6) is -0.970. The molecule has 1 amide bonds. The monoisotopic (exact) mass is 453 g/mol. The number of aryl methyl sites for hydroxylation is 3. The van der Waals surface area contributed by atoms with Crippen LogP contribution in [0.5, 0.6) is 5.75 Å². The zero-order chi connectivity index (χ0) is 23.8. The number of ether oxygens (including phenoxy) is 1. The summed E-state index contributed by atoms with van der Waals surface area (Å²) in [4.78, 5) is 28.3. The van der Waals surface area contributed by atoms with Crippen molar-refractivity contribution in [3.05, 3.63) is 100 Å². The lowest BCUT2D eigenvalue weighted by Crippen LogP contribution is -2.30. The smallest absolute Gasteiger partial charge is 0.300 e. The van der Waals surface area contributed by atoms with Crippen LogP contribution in [0.25, 0.3) is 5.76 Å². The van der Waals surface area contributed by atoms with E-state index in [1.807, 2.05) is 67.6 Å². The molecular weight excluding hydrogens is 426 g/mol. The molecule has 0 saturated carbocycles. The number of para-hydroxylation sites is 2. The molecule has 172 valence electrons. The minimum absolute atomic E-state index is 0.0773. The largest absolute Gasteiger partial charge is 0.507 e. The minimum atomic E-state index is -0.812. The molecule has 0 bridgehead atoms. The molecule has 1 fully saturated rings. The summed E-state index contributed by atoms with van der Waals surface area (Å²) in [6.45, 7) is 1.90. The number of aliphatic hydroxyl groups excluding tert-OH is 1. The van der Waals surface area contributed by atoms with E-state index in [4.69, 9.17) is 4.74 Å². The van der Waals surface area contributed by atoms with Gasteiger partial charge in [-0.3, -0.25) is 14.5 Å². The first kappa shape index (κ1) is 22.0. The van der Waals surface area contributed by atoms with Crippen LogP contribution in [-0.2, 0) is 22.4 Å². The highest BCUT2D eigenvalue weighted by Crippen LogP contribution is 2.45. The second-order valence-corrected chi connectivity index (χ2v) is 8.89. The molecule has 3 aromatic carbocycles. The van der Waals surface area contributed by atoms with E-state index < -0.39 is 17.7 Å². The van der Waals surface area contributed by atoms with Crippen LogP contribution in [0, 0.1) is 6.92 Å². The van der Waals surface area contributed by atoms with E-state index in [9.17, 15) is 14.7 Å². The summed E-state index contributed by atoms with van der Waals surface area (Å²) in [6, 6.07) is 19.8. The SMILES string of the molecule is COc1ccccc1C1/C(=C(\O)c2ccc3c(c2)CCCC3)C(=O)C(=O)N1c1ccccc1C. The van der Waals surface area contributed by atoms with E-state index >= 15 is 0 Å². The van der Waals surface area contributed by atoms with Crippen LogP contribution in [0.2, 0.25) is 0 Å². The molecule has 1 atom stereocenters. The Hall–Kier alpha value is -3.86. The molecule has 1 unspecified atom stereocenters. The summed E-state index contributed by atoms with van der Waals surface area (Å²) >= 11 is 0. The topological polar surface area (TPSA) is 66.8 Å². The molecule has 0 spiro atoms. The second kappa shape index (κ2) is 8.82. The van der Waals surface area contributed by atoms with Gasteiger partial charge in [-0.05, 0) is 67.5 Å². The van der Waals surface area contributed by atoms with Crippen molar-refractivity contribution in [2.24, 2.45) is 0 Å². The lowest BCUT2D eigenvalue weighted by Gasteiger charge is -2.28. The standard InChI is InChI=1S/C29H27NO4/c1-18-9-3-7-13-23(18)30-26(22-12-6-8-14-24(22)34-2)25(28(32)29(30)33)27(31)21-16-15-19-10-4-5-11-20(19)17-21/h3,6-9,12-17,26,31H,4-5,10-11H2,1-2H3/b27-25+. The third kappa shape index (κ3) is 3.58. The molecule has 1 heterocycles. The number of ketones is 1. The van der Waals surface area contributed by atoms with E-state index in [-0.39, 0.29) is 11.3 Å². The number of methoxy groups -OCH3 is 1. The summed E-state index contributed by atoms with van der Waals surface area (Å²) in [6.07, 6.45) is 4.24. The number of amides is 1. The van der Waals surface area contributed by atoms with Gasteiger partial charge in [-0.1, -0.05) is 48.5 Å². The van der Waals surface area contributed by atoms with Crippen molar-refractivity contribution in [3.63, 3.8) is 0 Å². The molecule has 1 aliphatic heterocycles. The fourth-order valence-corrected chi connectivity index (χ4v) is 5.14. The molecule has 2 aliphatic rings. The van der Waals surface area contributed by atoms with Gasteiger partial charge in [0.25, 0.3) is 11.7 Å². The van der Waals surface area contributed by atoms with Gasteiger partial charge in [0.15, 0.2) is 0 Å². The molecule has 34 heavy (non-hydrogen) atoms. The zero-order valence-electron chi connectivity index (χ0n) is 19.4. The second-order valence-electron chi connectivity index (χ2n) is 8.89. The van der Waals surface area contributed by atoms with E-state index in [0.717, 1.165) is 31.2 Å². The van der Waals surface area contributed by atoms with Crippen molar-refractivity contribution in [2.75, 3.05) is 12.0 Å². The number of carbonyl (C=O) groups is 2. The highest BCUT2D eigenvalue weighted by atomic mass is 16.5. The number of hydrogen-bond donors (Lipinski definition) is 1. The Bertz CT molecular complexity index is 1320. The normalized spacial score (nSPS) is 19.2. The van der Waals surface area contributed by atoms with Gasteiger partial charge in [0, 0.05) is 16.8 Å². The number of anilines is 1. The van der Waals surface area contributed by atoms with Crippen LogP contribution in [0.1, 0.15) is 46.7 Å². The molecule has 1 N–H and O–H groups in total. The van der Waals surface area contributed by atoms with Crippen molar-refractivity contribution in [1.29, 1.82) is 0 Å². The fraction of sp³-hybridized carbons (Fsp3) is 0.241. The number of nitrogens with zero attached hydrogens (tertiary/aromatic N) is 1. The van der Waals surface area contributed by atoms with Gasteiger partial charge in [-0.25, -0.2) is 0 Å². The number of Topliss-reactive ketones (excluding diaryl/α,β-unsaturated/α-hetero) is 1. The van der Waals surface area contributed by atoms with Gasteiger partial charge in [0.1, 0.15) is 11.5 Å². The van der Waals surface area contributed by atoms with Crippen molar-refractivity contribution < 1.29 is 19.4 Å². The van der Waals surface area contributed by atoms with Crippen molar-refractivity contribution >= 4 is 23.1 Å². The number of rotatable bonds is 4. The maximum atomic E-state index is 13.4. The lowest BCUT2D eigenvalue weighted by molar-refractivity contribution is -0.132. The highest BCUT2D eigenvalue weighted by Gasteiger charge is 2.48. The maximum absolute atomic E-state index is 13.4. The Kier molecular flexibility index (Phi) is 5.70. The summed E-state index contributed by atoms with van der Waals surface area (Å²) in [7, 11) is 1.56. The Balaban J connectivity index is 1.74. The summed E-state index contributed by atoms with van der Waals surface area (Å²) in [5.41, 5.74) is 5.24. The van der Waals surface area contributed by atoms with Gasteiger partial charge < -0.3 is 9.84 Å². The zero-order valence-corrected chi connectivity index (χ0v) is 19.4. The molecule has 1 aliphatic carbocycles. The third-order valence-corrected chi connectivity index (χ3v) is 6.87. The van der Waals surface area contributed by atoms with Crippen molar-refractivity contribution in [1.82, 2.24) is 0 Å². The first-order chi connectivity index (χ1) is 16.5. The minimum Gasteiger partial charge on any atom is -0.507 e. The van der Waals surface area contributed by atoms with E-state index in [1.54, 1.807) is 13.2 Å². The number of carbonyl (C=O) groups excluding carboxylic acids is 2. The lowest BCUT2D eigenvalue weighted by atomic mass is 9.88. The first-order valence-corrected chi connectivity index (χ1v) is 11.6. The first-order valence-electron chi connectivity index (χ1n) is 11.6. The van der Waals surface area contributed by atoms with Crippen LogP contribution in [0.15, 0.2) is 72.3 Å². The summed E-state index contributed by atoms with van der Waals surface area (Å²) < 4.78 is 5.60. The molecule has 0 aromatic heterocycles. The van der Waals surface area contributed by atoms with Gasteiger partial charge in [0.2, 0.25) is 0 Å². The Labute approximate surface area is 199 Å². The highest BCUT2D eigenvalue weighted by molar-refractivity contribution is 6.51. The molecule has 5 heteroatoms. The molecule has 5 nitrogen and oxygen atoms in total. The molecular formula is C29H27NO4. The number of fused-ring (bicyclic) bond motifs is 1. The van der Waals surface area contributed by atoms with E-state index in [2.05, 4.69) is 0 Å². The molecule has 3 aromatic rings. The van der Waals surface area contributed by atoms with Gasteiger partial charge in [-0.15, -0.1) is 0 Å². The average molecular weight is 454 g/mol. The van der Waals surface area contributed by atoms with Crippen LogP contribution in [-0.4, -0.2) is 23.9 Å². The quantitative estimate of drug-likeness (QED) is 0.321. The van der Waals surface area contributed by atoms with Gasteiger partial charge in [-0.2, -0.15) is 0 Å². The van der Waals surface area contributed by atoms with Crippen LogP contribution in [0.4, 0.5) is 5.69 Å². The number of hydrogen-bond acceptors (Lipinski definition) is 4. The van der Waals surface area contributed by atoms with E-state index in [0.29, 0.717) is 22.6 Å². The maximum Gasteiger partial charge on any atom is 0.300 e. The van der Waals surface area contributed by atoms with Crippen molar-refractivity contribution in [2.45, 2.75) is 38.6 Å². The van der Waals surface area contributed by atoms with E-state index in [1.165, 1.54) is 16.0 Å². The number of benzene rings is 3. The molecule has 1 saturated heterocycles. The predicted molar refractivity (Wildman–Crippen MR) is 132 cm³/mol. The average Bonchev–Trinajstić information content (AvgIpc) is 3.13. The van der Waals surface area contributed by atoms with Crippen LogP contribution >= 0.6 is 0 Å². The van der Waals surface area contributed by atoms with Gasteiger partial charge >= 0.3 is 0 Å². The predicted octanol–water partition coefficient (Wildman–Crippen LogP) is 5.51. The third-order valence-electron chi connectivity index (χ3n) is 6.87. The van der Waals surface area contributed by atoms with Crippen LogP contribution in [0.3, 0.4) is 0 Å².